The van der Waals surface area contributed by atoms with Crippen LogP contribution in [0.5, 0.6) is 0 Å². The third-order valence-electron chi connectivity index (χ3n) is 4.39. The predicted octanol–water partition coefficient (Wildman–Crippen LogP) is 5.71. The molecule has 25 heavy (non-hydrogen) atoms. The Labute approximate surface area is 144 Å². The maximum Gasteiger partial charge on any atom is 0.136 e. The Morgan fingerprint density at radius 2 is 1.08 bits per heavy atom. The second kappa shape index (κ2) is 5.56. The summed E-state index contributed by atoms with van der Waals surface area (Å²) in [5, 5.41) is 2.23. The van der Waals surface area contributed by atoms with E-state index in [1.807, 2.05) is 36.4 Å². The molecule has 0 amide bonds. The summed E-state index contributed by atoms with van der Waals surface area (Å²) in [7, 11) is 0. The Balaban J connectivity index is 1.67. The highest BCUT2D eigenvalue weighted by Crippen LogP contribution is 2.33. The Morgan fingerprint density at radius 3 is 1.52 bits per heavy atom. The first-order valence-electron chi connectivity index (χ1n) is 8.18. The van der Waals surface area contributed by atoms with Gasteiger partial charge in [-0.3, -0.25) is 9.97 Å². The van der Waals surface area contributed by atoms with Gasteiger partial charge in [0.05, 0.1) is 11.4 Å². The van der Waals surface area contributed by atoms with Crippen molar-refractivity contribution in [1.82, 2.24) is 9.97 Å². The van der Waals surface area contributed by atoms with Crippen molar-refractivity contribution in [3.05, 3.63) is 85.2 Å². The first-order valence-corrected chi connectivity index (χ1v) is 8.18. The van der Waals surface area contributed by atoms with Crippen molar-refractivity contribution in [3.63, 3.8) is 0 Å². The van der Waals surface area contributed by atoms with Gasteiger partial charge in [0.1, 0.15) is 11.2 Å². The fourth-order valence-corrected chi connectivity index (χ4v) is 3.16. The molecular formula is C22H14N2O. The van der Waals surface area contributed by atoms with Crippen LogP contribution in [-0.4, -0.2) is 9.97 Å². The van der Waals surface area contributed by atoms with Crippen LogP contribution in [0.25, 0.3) is 44.5 Å². The zero-order valence-electron chi connectivity index (χ0n) is 13.4. The predicted molar refractivity (Wildman–Crippen MR) is 100 cm³/mol. The first kappa shape index (κ1) is 13.9. The van der Waals surface area contributed by atoms with E-state index in [0.29, 0.717) is 0 Å². The fraction of sp³-hybridized carbons (Fsp3) is 0. The average Bonchev–Trinajstić information content (AvgIpc) is 3.06. The highest BCUT2D eigenvalue weighted by atomic mass is 16.3. The van der Waals surface area contributed by atoms with Crippen LogP contribution in [0, 0.1) is 0 Å². The van der Waals surface area contributed by atoms with E-state index in [2.05, 4.69) is 46.4 Å². The molecule has 0 spiro atoms. The molecule has 2 aromatic carbocycles. The Hall–Kier alpha value is -3.46. The molecule has 0 aliphatic carbocycles. The molecule has 3 nitrogen and oxygen atoms in total. The van der Waals surface area contributed by atoms with Gasteiger partial charge in [-0.1, -0.05) is 24.3 Å². The summed E-state index contributed by atoms with van der Waals surface area (Å²) in [5.74, 6) is 0. The topological polar surface area (TPSA) is 38.9 Å². The molecule has 3 heterocycles. The van der Waals surface area contributed by atoms with Gasteiger partial charge in [-0.05, 0) is 48.5 Å². The monoisotopic (exact) mass is 322 g/mol. The van der Waals surface area contributed by atoms with Crippen molar-refractivity contribution < 1.29 is 4.42 Å². The normalized spacial score (nSPS) is 11.2. The van der Waals surface area contributed by atoms with Gasteiger partial charge in [0.25, 0.3) is 0 Å². The minimum absolute atomic E-state index is 0.872. The lowest BCUT2D eigenvalue weighted by Gasteiger charge is -2.00. The highest BCUT2D eigenvalue weighted by Gasteiger charge is 2.10. The van der Waals surface area contributed by atoms with E-state index in [-0.39, 0.29) is 0 Å². The summed E-state index contributed by atoms with van der Waals surface area (Å²) in [5.41, 5.74) is 5.74. The maximum absolute atomic E-state index is 6.12. The van der Waals surface area contributed by atoms with Crippen LogP contribution in [0.15, 0.2) is 89.6 Å². The largest absolute Gasteiger partial charge is 0.456 e. The van der Waals surface area contributed by atoms with Crippen LogP contribution in [0.4, 0.5) is 0 Å². The lowest BCUT2D eigenvalue weighted by atomic mass is 10.1. The number of rotatable bonds is 2. The van der Waals surface area contributed by atoms with Crippen molar-refractivity contribution in [2.45, 2.75) is 0 Å². The molecule has 0 saturated carbocycles. The summed E-state index contributed by atoms with van der Waals surface area (Å²) in [6.07, 6.45) is 3.61. The molecule has 118 valence electrons. The maximum atomic E-state index is 6.12. The molecule has 0 unspecified atom stereocenters. The molecule has 0 saturated heterocycles. The number of aromatic nitrogens is 2. The van der Waals surface area contributed by atoms with Gasteiger partial charge < -0.3 is 4.42 Å². The van der Waals surface area contributed by atoms with Crippen molar-refractivity contribution in [2.24, 2.45) is 0 Å². The zero-order valence-corrected chi connectivity index (χ0v) is 13.4. The third-order valence-corrected chi connectivity index (χ3v) is 4.39. The number of fused-ring (bicyclic) bond motifs is 3. The molecular weight excluding hydrogens is 308 g/mol. The lowest BCUT2D eigenvalue weighted by molar-refractivity contribution is 0.669. The fourth-order valence-electron chi connectivity index (χ4n) is 3.16. The van der Waals surface area contributed by atoms with Gasteiger partial charge in [-0.25, -0.2) is 0 Å². The smallest absolute Gasteiger partial charge is 0.136 e. The van der Waals surface area contributed by atoms with Crippen LogP contribution < -0.4 is 0 Å². The van der Waals surface area contributed by atoms with E-state index in [9.17, 15) is 0 Å². The molecule has 0 aliphatic rings. The first-order chi connectivity index (χ1) is 12.4. The van der Waals surface area contributed by atoms with Gasteiger partial charge in [-0.15, -0.1) is 0 Å². The van der Waals surface area contributed by atoms with E-state index < -0.39 is 0 Å². The Bertz CT molecular complexity index is 1080. The average molecular weight is 322 g/mol. The van der Waals surface area contributed by atoms with Crippen molar-refractivity contribution >= 4 is 21.9 Å². The molecule has 0 atom stereocenters. The second-order valence-corrected chi connectivity index (χ2v) is 5.95. The van der Waals surface area contributed by atoms with Crippen molar-refractivity contribution in [2.75, 3.05) is 0 Å². The molecule has 0 aliphatic heterocycles. The third kappa shape index (κ3) is 2.37. The van der Waals surface area contributed by atoms with Gasteiger partial charge in [0.2, 0.25) is 0 Å². The quantitative estimate of drug-likeness (QED) is 0.418. The van der Waals surface area contributed by atoms with E-state index in [1.54, 1.807) is 12.4 Å². The van der Waals surface area contributed by atoms with Gasteiger partial charge in [0.15, 0.2) is 0 Å². The minimum Gasteiger partial charge on any atom is -0.456 e. The summed E-state index contributed by atoms with van der Waals surface area (Å²) in [6, 6.07) is 24.3. The van der Waals surface area contributed by atoms with E-state index >= 15 is 0 Å². The standard InChI is InChI=1S/C22H14N2O/c1-3-11-23-19(5-1)15-7-9-17-18-10-8-16(20-6-2-4-12-24-20)14-22(18)25-21(17)13-15/h1-14H. The van der Waals surface area contributed by atoms with E-state index in [0.717, 1.165) is 44.5 Å². The Morgan fingerprint density at radius 1 is 0.560 bits per heavy atom. The molecule has 3 heteroatoms. The summed E-state index contributed by atoms with van der Waals surface area (Å²) < 4.78 is 6.12. The zero-order chi connectivity index (χ0) is 16.6. The molecule has 0 N–H and O–H groups in total. The molecule has 0 radical (unpaired) electrons. The number of furan rings is 1. The van der Waals surface area contributed by atoms with Crippen molar-refractivity contribution in [3.8, 4) is 22.5 Å². The minimum atomic E-state index is 0.872. The van der Waals surface area contributed by atoms with Crippen LogP contribution >= 0.6 is 0 Å². The van der Waals surface area contributed by atoms with Crippen LogP contribution in [0.3, 0.4) is 0 Å². The number of hydrogen-bond acceptors (Lipinski definition) is 3. The molecule has 5 rings (SSSR count). The highest BCUT2D eigenvalue weighted by molar-refractivity contribution is 6.06. The number of nitrogens with zero attached hydrogens (tertiary/aromatic N) is 2. The van der Waals surface area contributed by atoms with Crippen LogP contribution in [0.2, 0.25) is 0 Å². The van der Waals surface area contributed by atoms with Gasteiger partial charge in [0, 0.05) is 34.3 Å². The summed E-state index contributed by atoms with van der Waals surface area (Å²) in [4.78, 5) is 8.83. The number of benzene rings is 2. The Kier molecular flexibility index (Phi) is 3.10. The summed E-state index contributed by atoms with van der Waals surface area (Å²) in [6.45, 7) is 0. The second-order valence-electron chi connectivity index (χ2n) is 5.95. The van der Waals surface area contributed by atoms with E-state index in [1.165, 1.54) is 0 Å². The lowest BCUT2D eigenvalue weighted by Crippen LogP contribution is -1.81. The van der Waals surface area contributed by atoms with Gasteiger partial charge in [-0.2, -0.15) is 0 Å². The SMILES string of the molecule is c1ccc(-c2ccc3c(c2)oc2cc(-c4ccccn4)ccc23)nc1. The van der Waals surface area contributed by atoms with Crippen LogP contribution in [0.1, 0.15) is 0 Å². The van der Waals surface area contributed by atoms with Gasteiger partial charge >= 0.3 is 0 Å². The molecule has 0 bridgehead atoms. The number of hydrogen-bond donors (Lipinski definition) is 0. The summed E-state index contributed by atoms with van der Waals surface area (Å²) >= 11 is 0. The number of pyridine rings is 2. The van der Waals surface area contributed by atoms with Crippen molar-refractivity contribution in [1.29, 1.82) is 0 Å². The van der Waals surface area contributed by atoms with E-state index in [4.69, 9.17) is 4.42 Å². The molecule has 0 fully saturated rings. The molecule has 5 aromatic rings. The van der Waals surface area contributed by atoms with Crippen LogP contribution in [-0.2, 0) is 0 Å². The molecule has 3 aromatic heterocycles.